The van der Waals surface area contributed by atoms with Gasteiger partial charge in [-0.15, -0.1) is 0 Å². The van der Waals surface area contributed by atoms with Crippen LogP contribution in [-0.2, 0) is 14.6 Å². The van der Waals surface area contributed by atoms with E-state index in [4.69, 9.17) is 11.6 Å². The maximum atomic E-state index is 11.7. The number of carbonyl (C=O) groups excluding carboxylic acids is 1. The number of hydrogen-bond donors (Lipinski definition) is 1. The predicted molar refractivity (Wildman–Crippen MR) is 72.1 cm³/mol. The molecule has 0 aromatic heterocycles. The lowest BCUT2D eigenvalue weighted by atomic mass is 10.3. The van der Waals surface area contributed by atoms with E-state index < -0.39 is 21.0 Å². The molecule has 4 nitrogen and oxygen atoms in total. The summed E-state index contributed by atoms with van der Waals surface area (Å²) >= 11 is 9.11. The molecule has 1 amide bonds. The first kappa shape index (κ1) is 14.5. The second kappa shape index (κ2) is 5.37. The fraction of sp³-hybridized carbons (Fsp3) is 0.300. The van der Waals surface area contributed by atoms with Crippen LogP contribution < -0.4 is 5.32 Å². The summed E-state index contributed by atoms with van der Waals surface area (Å²) in [5, 5.41) is 1.71. The van der Waals surface area contributed by atoms with Crippen molar-refractivity contribution in [2.24, 2.45) is 0 Å². The zero-order valence-corrected chi connectivity index (χ0v) is 12.4. The molecule has 0 aliphatic heterocycles. The third-order valence-electron chi connectivity index (χ3n) is 2.20. The van der Waals surface area contributed by atoms with E-state index in [0.717, 1.165) is 10.7 Å². The minimum Gasteiger partial charge on any atom is -0.324 e. The summed E-state index contributed by atoms with van der Waals surface area (Å²) in [6.45, 7) is 1.33. The van der Waals surface area contributed by atoms with Crippen molar-refractivity contribution in [3.8, 4) is 0 Å². The fourth-order valence-corrected chi connectivity index (χ4v) is 2.00. The first-order valence-corrected chi connectivity index (χ1v) is 7.79. The van der Waals surface area contributed by atoms with Gasteiger partial charge in [-0.2, -0.15) is 0 Å². The van der Waals surface area contributed by atoms with E-state index in [2.05, 4.69) is 21.2 Å². The lowest BCUT2D eigenvalue weighted by Gasteiger charge is -2.11. The smallest absolute Gasteiger partial charge is 0.242 e. The topological polar surface area (TPSA) is 63.2 Å². The van der Waals surface area contributed by atoms with Gasteiger partial charge < -0.3 is 5.32 Å². The normalized spacial score (nSPS) is 13.2. The van der Waals surface area contributed by atoms with Crippen LogP contribution in [0.2, 0.25) is 5.02 Å². The average molecular weight is 341 g/mol. The molecule has 0 heterocycles. The Bertz CT molecular complexity index is 544. The number of amides is 1. The van der Waals surface area contributed by atoms with Crippen LogP contribution in [0.25, 0.3) is 0 Å². The van der Waals surface area contributed by atoms with Gasteiger partial charge in [-0.25, -0.2) is 8.42 Å². The molecule has 1 aromatic carbocycles. The largest absolute Gasteiger partial charge is 0.324 e. The van der Waals surface area contributed by atoms with Gasteiger partial charge in [0, 0.05) is 10.7 Å². The van der Waals surface area contributed by atoms with Crippen LogP contribution in [0.4, 0.5) is 5.69 Å². The number of halogens is 2. The second-order valence-corrected chi connectivity index (χ2v) is 7.27. The number of rotatable bonds is 3. The molecule has 0 aliphatic rings. The van der Waals surface area contributed by atoms with Crippen molar-refractivity contribution < 1.29 is 13.2 Å². The Morgan fingerprint density at radius 3 is 2.59 bits per heavy atom. The van der Waals surface area contributed by atoms with Gasteiger partial charge in [0.05, 0.1) is 10.7 Å². The number of carbonyl (C=O) groups is 1. The maximum Gasteiger partial charge on any atom is 0.242 e. The monoisotopic (exact) mass is 339 g/mol. The van der Waals surface area contributed by atoms with Crippen LogP contribution in [-0.4, -0.2) is 25.8 Å². The van der Waals surface area contributed by atoms with Gasteiger partial charge in [-0.1, -0.05) is 27.5 Å². The van der Waals surface area contributed by atoms with Crippen molar-refractivity contribution in [1.29, 1.82) is 0 Å². The van der Waals surface area contributed by atoms with E-state index in [9.17, 15) is 13.2 Å². The molecule has 0 aliphatic carbocycles. The van der Waals surface area contributed by atoms with Crippen molar-refractivity contribution in [3.05, 3.63) is 27.7 Å². The van der Waals surface area contributed by atoms with Crippen molar-refractivity contribution in [1.82, 2.24) is 0 Å². The summed E-state index contributed by atoms with van der Waals surface area (Å²) < 4.78 is 23.2. The summed E-state index contributed by atoms with van der Waals surface area (Å²) in [6.07, 6.45) is 1.01. The zero-order chi connectivity index (χ0) is 13.2. The number of nitrogens with one attached hydrogen (secondary N) is 1. The summed E-state index contributed by atoms with van der Waals surface area (Å²) in [6, 6.07) is 4.93. The minimum absolute atomic E-state index is 0.349. The minimum atomic E-state index is -3.41. The number of hydrogen-bond acceptors (Lipinski definition) is 3. The summed E-state index contributed by atoms with van der Waals surface area (Å²) in [5.41, 5.74) is 0.376. The van der Waals surface area contributed by atoms with Gasteiger partial charge in [0.15, 0.2) is 9.84 Å². The van der Waals surface area contributed by atoms with Crippen molar-refractivity contribution in [2.75, 3.05) is 11.6 Å². The quantitative estimate of drug-likeness (QED) is 0.919. The molecule has 0 saturated carbocycles. The van der Waals surface area contributed by atoms with Crippen LogP contribution >= 0.6 is 27.5 Å². The number of anilines is 1. The molecular formula is C10H11BrClNO3S. The second-order valence-electron chi connectivity index (χ2n) is 3.59. The van der Waals surface area contributed by atoms with E-state index in [-0.39, 0.29) is 0 Å². The molecule has 0 saturated heterocycles. The molecule has 1 unspecified atom stereocenters. The van der Waals surface area contributed by atoms with Crippen LogP contribution in [0.3, 0.4) is 0 Å². The molecule has 94 valence electrons. The van der Waals surface area contributed by atoms with E-state index in [0.29, 0.717) is 10.7 Å². The molecule has 7 heteroatoms. The predicted octanol–water partition coefficient (Wildman–Crippen LogP) is 2.47. The standard InChI is InChI=1S/C10H11BrClNO3S/c1-6(17(2,15)16)10(14)13-9-5-7(11)3-4-8(9)12/h3-6H,1-2H3,(H,13,14). The highest BCUT2D eigenvalue weighted by molar-refractivity contribution is 9.10. The molecule has 1 aromatic rings. The Morgan fingerprint density at radius 1 is 1.47 bits per heavy atom. The van der Waals surface area contributed by atoms with Gasteiger partial charge >= 0.3 is 0 Å². The molecule has 0 spiro atoms. The molecule has 0 bridgehead atoms. The Hall–Kier alpha value is -0.590. The summed E-state index contributed by atoms with van der Waals surface area (Å²) in [5.74, 6) is -0.604. The number of benzene rings is 1. The first-order chi connectivity index (χ1) is 7.71. The zero-order valence-electron chi connectivity index (χ0n) is 9.20. The highest BCUT2D eigenvalue weighted by Crippen LogP contribution is 2.26. The molecule has 1 atom stereocenters. The van der Waals surface area contributed by atoms with Gasteiger partial charge in [-0.3, -0.25) is 4.79 Å². The van der Waals surface area contributed by atoms with E-state index in [1.165, 1.54) is 6.92 Å². The van der Waals surface area contributed by atoms with Crippen molar-refractivity contribution in [2.45, 2.75) is 12.2 Å². The summed E-state index contributed by atoms with van der Waals surface area (Å²) in [4.78, 5) is 11.7. The molecule has 0 radical (unpaired) electrons. The Labute approximate surface area is 113 Å². The Kier molecular flexibility index (Phi) is 4.57. The highest BCUT2D eigenvalue weighted by atomic mass is 79.9. The lowest BCUT2D eigenvalue weighted by molar-refractivity contribution is -0.115. The Balaban J connectivity index is 2.92. The first-order valence-electron chi connectivity index (χ1n) is 4.66. The third-order valence-corrected chi connectivity index (χ3v) is 4.52. The van der Waals surface area contributed by atoms with Crippen LogP contribution in [0.1, 0.15) is 6.92 Å². The van der Waals surface area contributed by atoms with Crippen LogP contribution in [0.5, 0.6) is 0 Å². The van der Waals surface area contributed by atoms with E-state index in [1.807, 2.05) is 0 Å². The van der Waals surface area contributed by atoms with Gasteiger partial charge in [-0.05, 0) is 25.1 Å². The van der Waals surface area contributed by atoms with Crippen LogP contribution in [0.15, 0.2) is 22.7 Å². The summed E-state index contributed by atoms with van der Waals surface area (Å²) in [7, 11) is -3.41. The SMILES string of the molecule is CC(C(=O)Nc1cc(Br)ccc1Cl)S(C)(=O)=O. The van der Waals surface area contributed by atoms with E-state index >= 15 is 0 Å². The molecule has 0 fully saturated rings. The fourth-order valence-electron chi connectivity index (χ4n) is 1.02. The average Bonchev–Trinajstić information content (AvgIpc) is 2.21. The van der Waals surface area contributed by atoms with Crippen molar-refractivity contribution >= 4 is 49.0 Å². The number of sulfone groups is 1. The molecule has 1 rings (SSSR count). The third kappa shape index (κ3) is 3.97. The maximum absolute atomic E-state index is 11.7. The molecule has 17 heavy (non-hydrogen) atoms. The van der Waals surface area contributed by atoms with Gasteiger partial charge in [0.1, 0.15) is 5.25 Å². The highest BCUT2D eigenvalue weighted by Gasteiger charge is 2.23. The van der Waals surface area contributed by atoms with Crippen LogP contribution in [0, 0.1) is 0 Å². The molecule has 1 N–H and O–H groups in total. The van der Waals surface area contributed by atoms with Gasteiger partial charge in [0.25, 0.3) is 0 Å². The molecular weight excluding hydrogens is 330 g/mol. The van der Waals surface area contributed by atoms with Crippen molar-refractivity contribution in [3.63, 3.8) is 0 Å². The van der Waals surface area contributed by atoms with Gasteiger partial charge in [0.2, 0.25) is 5.91 Å². The van der Waals surface area contributed by atoms with E-state index in [1.54, 1.807) is 18.2 Å². The lowest BCUT2D eigenvalue weighted by Crippen LogP contribution is -2.31. The Morgan fingerprint density at radius 2 is 2.06 bits per heavy atom.